The van der Waals surface area contributed by atoms with Crippen LogP contribution in [-0.4, -0.2) is 105 Å². The molecule has 4 heterocycles. The van der Waals surface area contributed by atoms with Gasteiger partial charge in [-0.2, -0.15) is 4.31 Å². The number of rotatable bonds is 3. The molecule has 0 aliphatic carbocycles. The Bertz CT molecular complexity index is 1140. The number of nitrogens with zero attached hydrogens (tertiary/aromatic N) is 3. The topological polar surface area (TPSA) is 112 Å². The largest absolute Gasteiger partial charge is 0.492 e. The van der Waals surface area contributed by atoms with Gasteiger partial charge in [-0.15, -0.1) is 0 Å². The molecule has 39 heavy (non-hydrogen) atoms. The van der Waals surface area contributed by atoms with Gasteiger partial charge in [-0.1, -0.05) is 20.8 Å². The molecule has 0 saturated carbocycles. The average Bonchev–Trinajstić information content (AvgIpc) is 3.30. The number of amides is 1. The second-order valence-corrected chi connectivity index (χ2v) is 14.6. The van der Waals surface area contributed by atoms with Gasteiger partial charge < -0.3 is 29.7 Å². The molecule has 2 N–H and O–H groups in total. The highest BCUT2D eigenvalue weighted by molar-refractivity contribution is 7.89. The standard InChI is InChI=1S/C28H44N4O6S/c1-27(2,3)6-10-30-11-7-28(8-12-30)9-15-38-24-18-21(31-13-16-37-17-14-31)4-5-25(24)39(35,36)32-20-22(33)19-23(32)26(34)29-28/h4-5,18,22-23,33H,6-17,19-20H2,1-3H3,(H,29,34)/t22-,23+/m1/s1. The van der Waals surface area contributed by atoms with Crippen molar-refractivity contribution in [2.75, 3.05) is 64.0 Å². The lowest BCUT2D eigenvalue weighted by Gasteiger charge is -2.43. The Morgan fingerprint density at radius 3 is 2.49 bits per heavy atom. The van der Waals surface area contributed by atoms with Crippen LogP contribution in [0.4, 0.5) is 5.69 Å². The highest BCUT2D eigenvalue weighted by atomic mass is 32.2. The number of morpholine rings is 1. The molecule has 0 unspecified atom stereocenters. The summed E-state index contributed by atoms with van der Waals surface area (Å²) in [5.41, 5.74) is 0.665. The first-order valence-electron chi connectivity index (χ1n) is 14.3. The molecule has 3 fully saturated rings. The lowest BCUT2D eigenvalue weighted by molar-refractivity contribution is -0.127. The predicted molar refractivity (Wildman–Crippen MR) is 149 cm³/mol. The summed E-state index contributed by atoms with van der Waals surface area (Å²) in [7, 11) is -4.08. The van der Waals surface area contributed by atoms with Crippen LogP contribution in [0.5, 0.6) is 5.75 Å². The van der Waals surface area contributed by atoms with Crippen molar-refractivity contribution in [1.82, 2.24) is 14.5 Å². The van der Waals surface area contributed by atoms with E-state index < -0.39 is 27.7 Å². The number of ether oxygens (including phenoxy) is 2. The van der Waals surface area contributed by atoms with Gasteiger partial charge in [0.1, 0.15) is 16.7 Å². The van der Waals surface area contributed by atoms with Crippen molar-refractivity contribution >= 4 is 21.6 Å². The molecule has 1 amide bonds. The molecule has 11 heteroatoms. The van der Waals surface area contributed by atoms with Crippen LogP contribution in [0.25, 0.3) is 0 Å². The quantitative estimate of drug-likeness (QED) is 0.572. The number of benzene rings is 1. The Morgan fingerprint density at radius 2 is 1.79 bits per heavy atom. The average molecular weight is 565 g/mol. The maximum Gasteiger partial charge on any atom is 0.247 e. The number of sulfonamides is 1. The van der Waals surface area contributed by atoms with Crippen LogP contribution in [0.15, 0.2) is 23.1 Å². The SMILES string of the molecule is CC(C)(C)CCN1CCC2(CCOc3cc(N4CCOCC4)ccc3S(=O)(=O)N3C[C@H](O)C[C@H]3C(=O)N2)CC1. The molecular weight excluding hydrogens is 520 g/mol. The van der Waals surface area contributed by atoms with Gasteiger partial charge in [-0.25, -0.2) is 8.42 Å². The van der Waals surface area contributed by atoms with E-state index in [4.69, 9.17) is 9.47 Å². The summed E-state index contributed by atoms with van der Waals surface area (Å²) in [5, 5.41) is 13.7. The fraction of sp³-hybridized carbons (Fsp3) is 0.750. The lowest BCUT2D eigenvalue weighted by Crippen LogP contribution is -2.59. The van der Waals surface area contributed by atoms with E-state index in [-0.39, 0.29) is 29.2 Å². The van der Waals surface area contributed by atoms with Crippen molar-refractivity contribution in [2.24, 2.45) is 5.41 Å². The number of aliphatic hydroxyl groups is 1. The van der Waals surface area contributed by atoms with Gasteiger partial charge in [-0.3, -0.25) is 4.79 Å². The molecule has 4 aliphatic rings. The smallest absolute Gasteiger partial charge is 0.247 e. The van der Waals surface area contributed by atoms with Gasteiger partial charge in [0.05, 0.1) is 25.9 Å². The van der Waals surface area contributed by atoms with E-state index in [0.29, 0.717) is 32.0 Å². The number of likely N-dealkylation sites (tertiary alicyclic amines) is 1. The number of carbonyl (C=O) groups excluding carboxylic acids is 1. The molecule has 0 aromatic heterocycles. The van der Waals surface area contributed by atoms with Crippen LogP contribution < -0.4 is 15.0 Å². The highest BCUT2D eigenvalue weighted by Crippen LogP contribution is 2.37. The van der Waals surface area contributed by atoms with E-state index in [0.717, 1.165) is 57.7 Å². The van der Waals surface area contributed by atoms with Gasteiger partial charge in [0, 0.05) is 62.9 Å². The first kappa shape index (κ1) is 28.6. The molecule has 218 valence electrons. The third-order valence-corrected chi connectivity index (χ3v) is 10.6. The van der Waals surface area contributed by atoms with Gasteiger partial charge in [0.15, 0.2) is 0 Å². The summed E-state index contributed by atoms with van der Waals surface area (Å²) in [5.74, 6) is -0.0297. The first-order valence-corrected chi connectivity index (χ1v) is 15.7. The van der Waals surface area contributed by atoms with E-state index in [2.05, 4.69) is 35.9 Å². The van der Waals surface area contributed by atoms with Crippen molar-refractivity contribution in [3.8, 4) is 5.75 Å². The lowest BCUT2D eigenvalue weighted by atomic mass is 9.83. The minimum atomic E-state index is -4.08. The van der Waals surface area contributed by atoms with Crippen LogP contribution in [0.1, 0.15) is 52.9 Å². The number of fused-ring (bicyclic) bond motifs is 2. The Hall–Kier alpha value is -1.92. The van der Waals surface area contributed by atoms with Crippen molar-refractivity contribution in [1.29, 1.82) is 0 Å². The Labute approximate surface area is 232 Å². The van der Waals surface area contributed by atoms with Gasteiger partial charge in [-0.05, 0) is 43.4 Å². The number of carbonyl (C=O) groups is 1. The first-order chi connectivity index (χ1) is 18.5. The second kappa shape index (κ2) is 11.2. The number of hydrogen-bond donors (Lipinski definition) is 2. The normalized spacial score (nSPS) is 28.2. The molecule has 3 saturated heterocycles. The van der Waals surface area contributed by atoms with E-state index in [1.165, 1.54) is 4.31 Å². The molecule has 1 aromatic carbocycles. The Kier molecular flexibility index (Phi) is 8.18. The number of hydrogen-bond acceptors (Lipinski definition) is 8. The number of nitrogens with one attached hydrogen (secondary N) is 1. The van der Waals surface area contributed by atoms with Crippen molar-refractivity contribution in [3.05, 3.63) is 18.2 Å². The van der Waals surface area contributed by atoms with Gasteiger partial charge in [0.25, 0.3) is 0 Å². The molecule has 2 atom stereocenters. The summed E-state index contributed by atoms with van der Waals surface area (Å²) in [6.45, 7) is 12.4. The summed E-state index contributed by atoms with van der Waals surface area (Å²) < 4.78 is 40.7. The van der Waals surface area contributed by atoms with E-state index >= 15 is 0 Å². The Balaban J connectivity index is 1.43. The van der Waals surface area contributed by atoms with E-state index in [9.17, 15) is 18.3 Å². The monoisotopic (exact) mass is 564 g/mol. The molecular formula is C28H44N4O6S. The summed E-state index contributed by atoms with van der Waals surface area (Å²) in [6.07, 6.45) is 2.42. The van der Waals surface area contributed by atoms with E-state index in [1.807, 2.05) is 0 Å². The predicted octanol–water partition coefficient (Wildman–Crippen LogP) is 1.82. The van der Waals surface area contributed by atoms with Crippen LogP contribution >= 0.6 is 0 Å². The van der Waals surface area contributed by atoms with Gasteiger partial charge >= 0.3 is 0 Å². The third kappa shape index (κ3) is 6.37. The van der Waals surface area contributed by atoms with Crippen molar-refractivity contribution in [2.45, 2.75) is 75.5 Å². The molecule has 0 bridgehead atoms. The molecule has 0 radical (unpaired) electrons. The fourth-order valence-electron chi connectivity index (χ4n) is 6.09. The third-order valence-electron chi connectivity index (χ3n) is 8.64. The van der Waals surface area contributed by atoms with Gasteiger partial charge in [0.2, 0.25) is 15.9 Å². The minimum absolute atomic E-state index is 0.0411. The summed E-state index contributed by atoms with van der Waals surface area (Å²) >= 11 is 0. The van der Waals surface area contributed by atoms with Crippen molar-refractivity contribution < 1.29 is 27.8 Å². The number of piperidine rings is 1. The maximum absolute atomic E-state index is 13.9. The zero-order valence-electron chi connectivity index (χ0n) is 23.5. The minimum Gasteiger partial charge on any atom is -0.492 e. The molecule has 10 nitrogen and oxygen atoms in total. The fourth-order valence-corrected chi connectivity index (χ4v) is 7.84. The zero-order chi connectivity index (χ0) is 27.8. The van der Waals surface area contributed by atoms with Crippen molar-refractivity contribution in [3.63, 3.8) is 0 Å². The van der Waals surface area contributed by atoms with Crippen LogP contribution in [0.2, 0.25) is 0 Å². The summed E-state index contributed by atoms with van der Waals surface area (Å²) in [6, 6.07) is 4.22. The molecule has 1 aromatic rings. The number of anilines is 1. The number of aliphatic hydroxyl groups excluding tert-OH is 1. The molecule has 4 aliphatic heterocycles. The molecule has 5 rings (SSSR count). The molecule has 1 spiro atoms. The Morgan fingerprint density at radius 1 is 1.08 bits per heavy atom. The maximum atomic E-state index is 13.9. The zero-order valence-corrected chi connectivity index (χ0v) is 24.3. The second-order valence-electron chi connectivity index (χ2n) is 12.7. The van der Waals surface area contributed by atoms with Crippen LogP contribution in [0, 0.1) is 5.41 Å². The summed E-state index contributed by atoms with van der Waals surface area (Å²) in [4.78, 5) is 18.3. The van der Waals surface area contributed by atoms with Crippen LogP contribution in [-0.2, 0) is 19.6 Å². The van der Waals surface area contributed by atoms with Crippen LogP contribution in [0.3, 0.4) is 0 Å². The van der Waals surface area contributed by atoms with E-state index in [1.54, 1.807) is 18.2 Å². The highest BCUT2D eigenvalue weighted by Gasteiger charge is 2.47.